The minimum Gasteiger partial charge on any atom is -0.309 e. The van der Waals surface area contributed by atoms with Crippen molar-refractivity contribution in [2.24, 2.45) is 0 Å². The van der Waals surface area contributed by atoms with Crippen LogP contribution in [0.25, 0.3) is 93.0 Å². The fourth-order valence-electron chi connectivity index (χ4n) is 8.52. The second kappa shape index (κ2) is 11.3. The lowest BCUT2D eigenvalue weighted by Crippen LogP contribution is -2.14. The summed E-state index contributed by atoms with van der Waals surface area (Å²) in [6.45, 7) is 4.71. The number of hydrogen-bond acceptors (Lipinski definition) is 4. The van der Waals surface area contributed by atoms with E-state index in [4.69, 9.17) is 15.0 Å². The number of aromatic nitrogens is 4. The Kier molecular flexibility index (Phi) is 6.43. The lowest BCUT2D eigenvalue weighted by atomic mass is 9.82. The molecule has 0 spiro atoms. The number of fused-ring (bicyclic) bond motifs is 9. The van der Waals surface area contributed by atoms with Crippen LogP contribution < -0.4 is 0 Å². The summed E-state index contributed by atoms with van der Waals surface area (Å²) in [5.74, 6) is 1.97. The van der Waals surface area contributed by atoms with Crippen LogP contribution >= 0.6 is 11.3 Å². The summed E-state index contributed by atoms with van der Waals surface area (Å²) in [7, 11) is 0. The zero-order valence-electron chi connectivity index (χ0n) is 29.2. The van der Waals surface area contributed by atoms with Crippen molar-refractivity contribution in [3.63, 3.8) is 0 Å². The van der Waals surface area contributed by atoms with E-state index in [0.29, 0.717) is 17.5 Å². The van der Waals surface area contributed by atoms with Crippen molar-refractivity contribution in [3.8, 4) is 51.0 Å². The molecule has 0 aliphatic heterocycles. The van der Waals surface area contributed by atoms with E-state index < -0.39 is 0 Å². The molecule has 7 aromatic carbocycles. The first-order valence-corrected chi connectivity index (χ1v) is 18.9. The predicted octanol–water partition coefficient (Wildman–Crippen LogP) is 12.6. The Bertz CT molecular complexity index is 3020. The van der Waals surface area contributed by atoms with E-state index in [1.165, 1.54) is 58.8 Å². The maximum absolute atomic E-state index is 5.24. The fourth-order valence-corrected chi connectivity index (χ4v) is 9.68. The first kappa shape index (κ1) is 30.2. The van der Waals surface area contributed by atoms with E-state index in [1.807, 2.05) is 47.7 Å². The summed E-state index contributed by atoms with van der Waals surface area (Å²) < 4.78 is 4.88. The Balaban J connectivity index is 1.24. The Labute approximate surface area is 310 Å². The quantitative estimate of drug-likeness (QED) is 0.184. The smallest absolute Gasteiger partial charge is 0.164 e. The number of thiophene rings is 1. The molecule has 10 aromatic rings. The van der Waals surface area contributed by atoms with Gasteiger partial charge < -0.3 is 4.57 Å². The molecule has 0 N–H and O–H groups in total. The van der Waals surface area contributed by atoms with Crippen molar-refractivity contribution in [2.45, 2.75) is 19.3 Å². The number of nitrogens with zero attached hydrogens (tertiary/aromatic N) is 4. The molecule has 250 valence electrons. The van der Waals surface area contributed by atoms with Gasteiger partial charge in [0.25, 0.3) is 0 Å². The van der Waals surface area contributed by atoms with Crippen LogP contribution in [0.15, 0.2) is 158 Å². The van der Waals surface area contributed by atoms with Crippen molar-refractivity contribution >= 4 is 53.3 Å². The van der Waals surface area contributed by atoms with Crippen molar-refractivity contribution < 1.29 is 0 Å². The molecule has 0 unspecified atom stereocenters. The van der Waals surface area contributed by atoms with E-state index in [1.54, 1.807) is 0 Å². The second-order valence-electron chi connectivity index (χ2n) is 14.4. The Morgan fingerprint density at radius 2 is 1.08 bits per heavy atom. The SMILES string of the molecule is CC1(C)c2ccccc2-c2cc3c(cc21)c1ccccc1n3-c1cc(-c2nc(-c3ccccc3)nc(-c3ccccc3)n2)c2c(c1)sc1ccccc12. The number of benzene rings is 7. The first-order valence-electron chi connectivity index (χ1n) is 18.0. The molecule has 1 aliphatic carbocycles. The van der Waals surface area contributed by atoms with Crippen molar-refractivity contribution in [1.82, 2.24) is 19.5 Å². The molecule has 0 amide bonds. The highest BCUT2D eigenvalue weighted by atomic mass is 32.1. The van der Waals surface area contributed by atoms with E-state index >= 15 is 0 Å². The average molecular weight is 697 g/mol. The maximum atomic E-state index is 5.24. The molecule has 0 atom stereocenters. The highest BCUT2D eigenvalue weighted by Crippen LogP contribution is 2.51. The van der Waals surface area contributed by atoms with Gasteiger partial charge in [-0.25, -0.2) is 15.0 Å². The van der Waals surface area contributed by atoms with Crippen molar-refractivity contribution in [1.29, 1.82) is 0 Å². The first-order chi connectivity index (χ1) is 26.0. The zero-order chi connectivity index (χ0) is 35.3. The lowest BCUT2D eigenvalue weighted by Gasteiger charge is -2.21. The zero-order valence-corrected chi connectivity index (χ0v) is 30.0. The summed E-state index contributed by atoms with van der Waals surface area (Å²) in [4.78, 5) is 15.5. The minimum absolute atomic E-state index is 0.0852. The summed E-state index contributed by atoms with van der Waals surface area (Å²) >= 11 is 1.82. The molecule has 0 saturated heterocycles. The van der Waals surface area contributed by atoms with Gasteiger partial charge >= 0.3 is 0 Å². The third-order valence-corrected chi connectivity index (χ3v) is 12.2. The molecule has 4 nitrogen and oxygen atoms in total. The molecular weight excluding hydrogens is 665 g/mol. The number of hydrogen-bond donors (Lipinski definition) is 0. The third-order valence-electron chi connectivity index (χ3n) is 11.0. The van der Waals surface area contributed by atoms with E-state index in [-0.39, 0.29) is 5.41 Å². The number of rotatable bonds is 4. The monoisotopic (exact) mass is 696 g/mol. The normalized spacial score (nSPS) is 13.2. The van der Waals surface area contributed by atoms with Gasteiger partial charge in [-0.1, -0.05) is 135 Å². The van der Waals surface area contributed by atoms with Crippen molar-refractivity contribution in [3.05, 3.63) is 169 Å². The van der Waals surface area contributed by atoms with Gasteiger partial charge in [-0.15, -0.1) is 11.3 Å². The Hall–Kier alpha value is -6.43. The summed E-state index contributed by atoms with van der Waals surface area (Å²) in [5, 5.41) is 4.87. The molecule has 3 aromatic heterocycles. The Morgan fingerprint density at radius 1 is 0.453 bits per heavy atom. The van der Waals surface area contributed by atoms with Gasteiger partial charge in [-0.3, -0.25) is 0 Å². The molecule has 0 fully saturated rings. The van der Waals surface area contributed by atoms with Gasteiger partial charge in [-0.2, -0.15) is 0 Å². The van der Waals surface area contributed by atoms with Crippen LogP contribution in [-0.4, -0.2) is 19.5 Å². The topological polar surface area (TPSA) is 43.6 Å². The molecule has 5 heteroatoms. The van der Waals surface area contributed by atoms with Gasteiger partial charge in [0.1, 0.15) is 0 Å². The maximum Gasteiger partial charge on any atom is 0.164 e. The van der Waals surface area contributed by atoms with Crippen LogP contribution in [0.5, 0.6) is 0 Å². The molecule has 0 bridgehead atoms. The van der Waals surface area contributed by atoms with Gasteiger partial charge in [0.05, 0.1) is 11.0 Å². The van der Waals surface area contributed by atoms with E-state index in [0.717, 1.165) is 27.8 Å². The Morgan fingerprint density at radius 3 is 1.83 bits per heavy atom. The lowest BCUT2D eigenvalue weighted by molar-refractivity contribution is 0.661. The van der Waals surface area contributed by atoms with Gasteiger partial charge in [0, 0.05) is 58.7 Å². The standard InChI is InChI=1S/C48H32N4S/c1-48(2)38-22-12-9-19-32(38)35-28-41-36(27-39(35)48)33-20-10-13-23-40(33)52(41)31-25-37(44-34-21-11-14-24-42(34)53-43(44)26-31)47-50-45(29-15-5-3-6-16-29)49-46(51-47)30-17-7-4-8-18-30/h3-28H,1-2H3. The minimum atomic E-state index is -0.0852. The highest BCUT2D eigenvalue weighted by Gasteiger charge is 2.36. The van der Waals surface area contributed by atoms with Gasteiger partial charge in [0.15, 0.2) is 17.5 Å². The van der Waals surface area contributed by atoms with Crippen molar-refractivity contribution in [2.75, 3.05) is 0 Å². The summed E-state index contributed by atoms with van der Waals surface area (Å²) in [6.07, 6.45) is 0. The predicted molar refractivity (Wildman–Crippen MR) is 221 cm³/mol. The van der Waals surface area contributed by atoms with Gasteiger partial charge in [-0.05, 0) is 58.7 Å². The molecule has 11 rings (SSSR count). The summed E-state index contributed by atoms with van der Waals surface area (Å²) in [5.41, 5.74) is 11.6. The van der Waals surface area contributed by atoms with Crippen LogP contribution in [-0.2, 0) is 5.41 Å². The van der Waals surface area contributed by atoms with Crippen LogP contribution in [0.1, 0.15) is 25.0 Å². The fraction of sp³-hybridized carbons (Fsp3) is 0.0625. The molecule has 0 radical (unpaired) electrons. The van der Waals surface area contributed by atoms with Crippen LogP contribution in [0.2, 0.25) is 0 Å². The van der Waals surface area contributed by atoms with Crippen LogP contribution in [0, 0.1) is 0 Å². The number of para-hydroxylation sites is 1. The van der Waals surface area contributed by atoms with Crippen LogP contribution in [0.3, 0.4) is 0 Å². The molecule has 0 saturated carbocycles. The molecule has 3 heterocycles. The largest absolute Gasteiger partial charge is 0.309 e. The van der Waals surface area contributed by atoms with E-state index in [9.17, 15) is 0 Å². The highest BCUT2D eigenvalue weighted by molar-refractivity contribution is 7.26. The second-order valence-corrected chi connectivity index (χ2v) is 15.5. The molecular formula is C48H32N4S. The van der Waals surface area contributed by atoms with Crippen LogP contribution in [0.4, 0.5) is 0 Å². The average Bonchev–Trinajstić information content (AvgIpc) is 3.82. The summed E-state index contributed by atoms with van der Waals surface area (Å²) in [6, 6.07) is 56.4. The third kappa shape index (κ3) is 4.51. The van der Waals surface area contributed by atoms with E-state index in [2.05, 4.69) is 140 Å². The molecule has 1 aliphatic rings. The molecule has 53 heavy (non-hydrogen) atoms. The van der Waals surface area contributed by atoms with Gasteiger partial charge in [0.2, 0.25) is 0 Å².